The second-order valence-corrected chi connectivity index (χ2v) is 11.9. The minimum Gasteiger partial charge on any atom is -0.477 e. The second kappa shape index (κ2) is 9.82. The lowest BCUT2D eigenvalue weighted by molar-refractivity contribution is -0.131. The van der Waals surface area contributed by atoms with Gasteiger partial charge in [-0.1, -0.05) is 20.8 Å². The number of ether oxygens (including phenoxy) is 2. The van der Waals surface area contributed by atoms with Crippen molar-refractivity contribution < 1.29 is 24.2 Å². The lowest BCUT2D eigenvalue weighted by Crippen LogP contribution is -2.51. The molecule has 2 heterocycles. The summed E-state index contributed by atoms with van der Waals surface area (Å²) in [6.45, 7) is 7.81. The highest BCUT2D eigenvalue weighted by atomic mass is 32.1. The van der Waals surface area contributed by atoms with E-state index >= 15 is 0 Å². The Balaban J connectivity index is 1.65. The molecule has 0 unspecified atom stereocenters. The van der Waals surface area contributed by atoms with Crippen LogP contribution in [-0.4, -0.2) is 43.0 Å². The maximum Gasteiger partial charge on any atom is 0.348 e. The van der Waals surface area contributed by atoms with Gasteiger partial charge in [0.25, 0.3) is 0 Å². The quantitative estimate of drug-likeness (QED) is 0.609. The minimum absolute atomic E-state index is 0.0348. The molecule has 1 saturated heterocycles. The highest BCUT2D eigenvalue weighted by molar-refractivity contribution is 7.14. The molecule has 0 aromatic carbocycles. The summed E-state index contributed by atoms with van der Waals surface area (Å²) in [5, 5.41) is 10.0. The molecule has 0 spiro atoms. The molecule has 0 bridgehead atoms. The third-order valence-electron chi connectivity index (χ3n) is 7.68. The first-order chi connectivity index (χ1) is 15.2. The number of rotatable bonds is 5. The maximum absolute atomic E-state index is 13.8. The van der Waals surface area contributed by atoms with Crippen LogP contribution < -0.4 is 4.90 Å². The van der Waals surface area contributed by atoms with E-state index in [1.807, 2.05) is 6.07 Å². The molecule has 178 valence electrons. The predicted molar refractivity (Wildman–Crippen MR) is 125 cm³/mol. The van der Waals surface area contributed by atoms with Gasteiger partial charge in [0, 0.05) is 10.8 Å². The normalized spacial score (nSPS) is 27.2. The molecule has 3 fully saturated rings. The topological polar surface area (TPSA) is 76.1 Å². The Kier molecular flexibility index (Phi) is 7.27. The Morgan fingerprint density at radius 1 is 1.06 bits per heavy atom. The molecule has 1 aliphatic heterocycles. The van der Waals surface area contributed by atoms with Crippen LogP contribution in [0.5, 0.6) is 0 Å². The lowest BCUT2D eigenvalue weighted by Gasteiger charge is -2.37. The van der Waals surface area contributed by atoms with Crippen molar-refractivity contribution in [2.24, 2.45) is 17.3 Å². The number of hydrogen-bond acceptors (Lipinski definition) is 5. The minimum atomic E-state index is -0.958. The fraction of sp³-hybridized carbons (Fsp3) is 0.760. The SMILES string of the molecule is CC1CCC(C(=O)N(c2cc(C3CCC(C)(C)CC3)sc2C(=O)O)C2COCOC2)CC1. The van der Waals surface area contributed by atoms with Gasteiger partial charge >= 0.3 is 5.97 Å². The van der Waals surface area contributed by atoms with E-state index in [4.69, 9.17) is 9.47 Å². The molecule has 7 heteroatoms. The third-order valence-corrected chi connectivity index (χ3v) is 8.96. The summed E-state index contributed by atoms with van der Waals surface area (Å²) in [7, 11) is 0. The fourth-order valence-electron chi connectivity index (χ4n) is 5.44. The molecule has 2 aliphatic carbocycles. The number of carbonyl (C=O) groups excluding carboxylic acids is 1. The van der Waals surface area contributed by atoms with E-state index in [9.17, 15) is 14.7 Å². The number of hydrogen-bond donors (Lipinski definition) is 1. The van der Waals surface area contributed by atoms with Gasteiger partial charge in [0.15, 0.2) is 0 Å². The number of thiophene rings is 1. The summed E-state index contributed by atoms with van der Waals surface area (Å²) < 4.78 is 11.1. The fourth-order valence-corrected chi connectivity index (χ4v) is 6.60. The predicted octanol–water partition coefficient (Wildman–Crippen LogP) is 5.66. The molecular weight excluding hydrogens is 426 g/mol. The summed E-state index contributed by atoms with van der Waals surface area (Å²) in [6.07, 6.45) is 8.22. The number of carboxylic acids is 1. The van der Waals surface area contributed by atoms with Crippen molar-refractivity contribution >= 4 is 28.9 Å². The largest absolute Gasteiger partial charge is 0.477 e. The average Bonchev–Trinajstić information content (AvgIpc) is 3.20. The Bertz CT molecular complexity index is 810. The van der Waals surface area contributed by atoms with Crippen molar-refractivity contribution in [3.05, 3.63) is 15.8 Å². The van der Waals surface area contributed by atoms with Gasteiger partial charge in [-0.05, 0) is 74.7 Å². The first-order valence-electron chi connectivity index (χ1n) is 12.1. The van der Waals surface area contributed by atoms with Crippen molar-refractivity contribution in [2.45, 2.75) is 84.1 Å². The maximum atomic E-state index is 13.8. The number of carboxylic acid groups (broad SMARTS) is 1. The van der Waals surface area contributed by atoms with Crippen molar-refractivity contribution in [2.75, 3.05) is 24.9 Å². The van der Waals surface area contributed by atoms with Crippen molar-refractivity contribution in [3.63, 3.8) is 0 Å². The van der Waals surface area contributed by atoms with E-state index in [0.717, 1.165) is 56.2 Å². The Morgan fingerprint density at radius 3 is 2.28 bits per heavy atom. The van der Waals surface area contributed by atoms with E-state index in [0.29, 0.717) is 36.2 Å². The van der Waals surface area contributed by atoms with E-state index in [-0.39, 0.29) is 29.5 Å². The van der Waals surface area contributed by atoms with Crippen LogP contribution in [0.25, 0.3) is 0 Å². The molecule has 4 rings (SSSR count). The van der Waals surface area contributed by atoms with Crippen LogP contribution in [0.3, 0.4) is 0 Å². The summed E-state index contributed by atoms with van der Waals surface area (Å²) in [5.74, 6) is 0.0271. The van der Waals surface area contributed by atoms with Gasteiger partial charge in [0.2, 0.25) is 5.91 Å². The van der Waals surface area contributed by atoms with Crippen LogP contribution in [0.2, 0.25) is 0 Å². The Hall–Kier alpha value is -1.44. The number of nitrogens with zero attached hydrogens (tertiary/aromatic N) is 1. The van der Waals surface area contributed by atoms with Crippen molar-refractivity contribution in [3.8, 4) is 0 Å². The van der Waals surface area contributed by atoms with Gasteiger partial charge in [-0.15, -0.1) is 11.3 Å². The number of aromatic carboxylic acids is 1. The van der Waals surface area contributed by atoms with Crippen LogP contribution in [0.15, 0.2) is 6.07 Å². The highest BCUT2D eigenvalue weighted by Gasteiger charge is 2.38. The lowest BCUT2D eigenvalue weighted by atomic mass is 9.73. The van der Waals surface area contributed by atoms with Gasteiger partial charge in [-0.2, -0.15) is 0 Å². The van der Waals surface area contributed by atoms with Crippen LogP contribution in [0.4, 0.5) is 5.69 Å². The zero-order valence-electron chi connectivity index (χ0n) is 19.6. The van der Waals surface area contributed by atoms with E-state index in [1.165, 1.54) is 11.3 Å². The standard InChI is InChI=1S/C25H37NO5S/c1-16-4-6-18(7-5-16)23(27)26(19-13-30-15-31-14-19)20-12-21(32-22(20)24(28)29)17-8-10-25(2,3)11-9-17/h12,16-19H,4-11,13-15H2,1-3H3,(H,28,29). The van der Waals surface area contributed by atoms with Gasteiger partial charge < -0.3 is 19.5 Å². The van der Waals surface area contributed by atoms with E-state index in [1.54, 1.807) is 4.90 Å². The van der Waals surface area contributed by atoms with Gasteiger partial charge in [0.1, 0.15) is 11.7 Å². The molecule has 0 radical (unpaired) electrons. The number of amides is 1. The molecule has 1 amide bonds. The molecule has 32 heavy (non-hydrogen) atoms. The first-order valence-corrected chi connectivity index (χ1v) is 12.9. The number of anilines is 1. The summed E-state index contributed by atoms with van der Waals surface area (Å²) >= 11 is 1.36. The summed E-state index contributed by atoms with van der Waals surface area (Å²) in [6, 6.07) is 1.70. The van der Waals surface area contributed by atoms with Crippen LogP contribution in [0.1, 0.15) is 92.6 Å². The smallest absolute Gasteiger partial charge is 0.348 e. The average molecular weight is 464 g/mol. The Labute approximate surface area is 195 Å². The summed E-state index contributed by atoms with van der Waals surface area (Å²) in [4.78, 5) is 29.1. The van der Waals surface area contributed by atoms with Crippen LogP contribution in [0, 0.1) is 17.3 Å². The highest BCUT2D eigenvalue weighted by Crippen LogP contribution is 2.46. The molecule has 1 aromatic heterocycles. The molecule has 0 atom stereocenters. The van der Waals surface area contributed by atoms with E-state index in [2.05, 4.69) is 20.8 Å². The van der Waals surface area contributed by atoms with Crippen molar-refractivity contribution in [1.29, 1.82) is 0 Å². The molecule has 2 saturated carbocycles. The molecule has 1 N–H and O–H groups in total. The van der Waals surface area contributed by atoms with Crippen LogP contribution >= 0.6 is 11.3 Å². The van der Waals surface area contributed by atoms with Crippen LogP contribution in [-0.2, 0) is 14.3 Å². The van der Waals surface area contributed by atoms with Gasteiger partial charge in [0.05, 0.1) is 24.9 Å². The molecular formula is C25H37NO5S. The zero-order valence-corrected chi connectivity index (χ0v) is 20.4. The third kappa shape index (κ3) is 5.20. The Morgan fingerprint density at radius 2 is 1.69 bits per heavy atom. The first kappa shape index (κ1) is 23.7. The molecule has 1 aromatic rings. The summed E-state index contributed by atoms with van der Waals surface area (Å²) in [5.41, 5.74) is 0.897. The van der Waals surface area contributed by atoms with Gasteiger partial charge in [-0.25, -0.2) is 4.79 Å². The monoisotopic (exact) mass is 463 g/mol. The van der Waals surface area contributed by atoms with E-state index < -0.39 is 5.97 Å². The zero-order chi connectivity index (χ0) is 22.9. The number of carbonyl (C=O) groups is 2. The second-order valence-electron chi connectivity index (χ2n) is 10.8. The molecule has 6 nitrogen and oxygen atoms in total. The van der Waals surface area contributed by atoms with Gasteiger partial charge in [-0.3, -0.25) is 4.79 Å². The molecule has 3 aliphatic rings. The van der Waals surface area contributed by atoms with Crippen molar-refractivity contribution in [1.82, 2.24) is 0 Å².